The maximum Gasteiger partial charge on any atom is 0.137 e. The Hall–Kier alpha value is -0.370. The third-order valence-electron chi connectivity index (χ3n) is 3.75. The van der Waals surface area contributed by atoms with Crippen LogP contribution in [0.5, 0.6) is 0 Å². The number of nitrogens with zero attached hydrogens (tertiary/aromatic N) is 1. The minimum Gasteiger partial charge on any atom is -0.302 e. The number of carbonyl (C=O) groups excluding carboxylic acids is 1. The van der Waals surface area contributed by atoms with E-state index in [-0.39, 0.29) is 0 Å². The Labute approximate surface area is 113 Å². The summed E-state index contributed by atoms with van der Waals surface area (Å²) in [5, 5.41) is 0. The Morgan fingerprint density at radius 3 is 2.22 bits per heavy atom. The van der Waals surface area contributed by atoms with E-state index in [1.165, 1.54) is 0 Å². The highest BCUT2D eigenvalue weighted by Gasteiger charge is 2.28. The Morgan fingerprint density at radius 2 is 1.72 bits per heavy atom. The summed E-state index contributed by atoms with van der Waals surface area (Å²) in [5.74, 6) is 2.89. The minimum atomic E-state index is 0.297. The number of Topliss-reactive ketones (excluding diaryl/α,β-unsaturated/α-hetero) is 1. The van der Waals surface area contributed by atoms with Gasteiger partial charge in [0.25, 0.3) is 0 Å². The fourth-order valence-electron chi connectivity index (χ4n) is 3.07. The molecule has 0 saturated heterocycles. The van der Waals surface area contributed by atoms with Crippen LogP contribution in [0, 0.1) is 23.7 Å². The molecule has 1 aliphatic carbocycles. The van der Waals surface area contributed by atoms with Crippen LogP contribution in [0.4, 0.5) is 0 Å². The highest BCUT2D eigenvalue weighted by Crippen LogP contribution is 2.27. The van der Waals surface area contributed by atoms with Gasteiger partial charge in [-0.25, -0.2) is 0 Å². The number of ketones is 1. The molecule has 0 aromatic carbocycles. The topological polar surface area (TPSA) is 20.3 Å². The molecule has 18 heavy (non-hydrogen) atoms. The van der Waals surface area contributed by atoms with Gasteiger partial charge in [-0.05, 0) is 30.6 Å². The van der Waals surface area contributed by atoms with Crippen LogP contribution in [-0.2, 0) is 4.79 Å². The van der Waals surface area contributed by atoms with Crippen LogP contribution in [0.3, 0.4) is 0 Å². The zero-order valence-corrected chi connectivity index (χ0v) is 12.9. The maximum atomic E-state index is 12.0. The lowest BCUT2D eigenvalue weighted by atomic mass is 9.81. The van der Waals surface area contributed by atoms with E-state index in [1.807, 2.05) is 0 Å². The van der Waals surface area contributed by atoms with E-state index in [9.17, 15) is 4.79 Å². The van der Waals surface area contributed by atoms with E-state index in [0.29, 0.717) is 23.5 Å². The molecule has 2 nitrogen and oxygen atoms in total. The molecule has 1 rings (SSSR count). The molecule has 0 aliphatic heterocycles. The number of hydrogen-bond acceptors (Lipinski definition) is 2. The summed E-state index contributed by atoms with van der Waals surface area (Å²) in [6.07, 6.45) is 3.01. The lowest BCUT2D eigenvalue weighted by molar-refractivity contribution is -0.126. The molecule has 1 fully saturated rings. The van der Waals surface area contributed by atoms with Crippen LogP contribution in [0.1, 0.15) is 53.9 Å². The van der Waals surface area contributed by atoms with Crippen molar-refractivity contribution in [2.75, 3.05) is 19.6 Å². The van der Waals surface area contributed by atoms with E-state index in [4.69, 9.17) is 0 Å². The van der Waals surface area contributed by atoms with Gasteiger partial charge in [0.15, 0.2) is 0 Å². The first-order valence-electron chi connectivity index (χ1n) is 7.63. The summed E-state index contributed by atoms with van der Waals surface area (Å²) in [5.41, 5.74) is 0. The molecule has 0 heterocycles. The molecule has 0 bridgehead atoms. The van der Waals surface area contributed by atoms with Gasteiger partial charge in [0.05, 0.1) is 0 Å². The summed E-state index contributed by atoms with van der Waals surface area (Å²) < 4.78 is 0. The molecular weight excluding hydrogens is 222 g/mol. The third-order valence-corrected chi connectivity index (χ3v) is 3.75. The Bertz CT molecular complexity index is 250. The van der Waals surface area contributed by atoms with Crippen molar-refractivity contribution in [1.29, 1.82) is 0 Å². The predicted octanol–water partition coefficient (Wildman–Crippen LogP) is 3.61. The number of rotatable bonds is 6. The van der Waals surface area contributed by atoms with Crippen LogP contribution in [0.25, 0.3) is 0 Å². The Morgan fingerprint density at radius 1 is 1.17 bits per heavy atom. The maximum absolute atomic E-state index is 12.0. The normalized spacial score (nSPS) is 25.4. The first kappa shape index (κ1) is 15.7. The van der Waals surface area contributed by atoms with Gasteiger partial charge >= 0.3 is 0 Å². The second-order valence-corrected chi connectivity index (χ2v) is 7.05. The van der Waals surface area contributed by atoms with Crippen molar-refractivity contribution in [2.45, 2.75) is 53.9 Å². The average Bonchev–Trinajstić information content (AvgIpc) is 2.21. The predicted molar refractivity (Wildman–Crippen MR) is 77.6 cm³/mol. The van der Waals surface area contributed by atoms with Crippen molar-refractivity contribution < 1.29 is 4.79 Å². The van der Waals surface area contributed by atoms with E-state index < -0.39 is 0 Å². The summed E-state index contributed by atoms with van der Waals surface area (Å²) in [4.78, 5) is 14.5. The van der Waals surface area contributed by atoms with Gasteiger partial charge in [-0.15, -0.1) is 0 Å². The second kappa shape index (κ2) is 7.28. The SMILES string of the molecule is CC(C)CN(CC(C)C)CC1CC(C)CCC1=O. The summed E-state index contributed by atoms with van der Waals surface area (Å²) >= 11 is 0. The molecule has 1 saturated carbocycles. The lowest BCUT2D eigenvalue weighted by Gasteiger charge is -2.33. The third kappa shape index (κ3) is 5.51. The second-order valence-electron chi connectivity index (χ2n) is 7.05. The minimum absolute atomic E-state index is 0.297. The Kier molecular flexibility index (Phi) is 6.34. The van der Waals surface area contributed by atoms with Gasteiger partial charge in [-0.3, -0.25) is 4.79 Å². The molecule has 2 heteroatoms. The Balaban J connectivity index is 2.54. The van der Waals surface area contributed by atoms with Gasteiger partial charge < -0.3 is 4.90 Å². The fraction of sp³-hybridized carbons (Fsp3) is 0.938. The van der Waals surface area contributed by atoms with Crippen molar-refractivity contribution in [2.24, 2.45) is 23.7 Å². The van der Waals surface area contributed by atoms with Crippen LogP contribution in [0.2, 0.25) is 0 Å². The quantitative estimate of drug-likeness (QED) is 0.721. The highest BCUT2D eigenvalue weighted by molar-refractivity contribution is 5.81. The zero-order valence-electron chi connectivity index (χ0n) is 12.9. The average molecular weight is 253 g/mol. The lowest BCUT2D eigenvalue weighted by Crippen LogP contribution is -2.39. The van der Waals surface area contributed by atoms with Crippen molar-refractivity contribution in [3.8, 4) is 0 Å². The molecule has 0 aromatic rings. The largest absolute Gasteiger partial charge is 0.302 e. The molecule has 0 radical (unpaired) electrons. The first-order valence-corrected chi connectivity index (χ1v) is 7.63. The van der Waals surface area contributed by atoms with E-state index in [0.717, 1.165) is 44.8 Å². The standard InChI is InChI=1S/C16H31NO/c1-12(2)9-17(10-13(3)4)11-15-8-14(5)6-7-16(15)18/h12-15H,6-11H2,1-5H3. The summed E-state index contributed by atoms with van der Waals surface area (Å²) in [7, 11) is 0. The van der Waals surface area contributed by atoms with E-state index >= 15 is 0 Å². The van der Waals surface area contributed by atoms with Gasteiger partial charge in [-0.2, -0.15) is 0 Å². The van der Waals surface area contributed by atoms with Crippen molar-refractivity contribution in [3.63, 3.8) is 0 Å². The summed E-state index contributed by atoms with van der Waals surface area (Å²) in [6.45, 7) is 14.6. The van der Waals surface area contributed by atoms with Gasteiger partial charge in [-0.1, -0.05) is 34.6 Å². The van der Waals surface area contributed by atoms with Gasteiger partial charge in [0.2, 0.25) is 0 Å². The van der Waals surface area contributed by atoms with Crippen molar-refractivity contribution >= 4 is 5.78 Å². The molecule has 2 unspecified atom stereocenters. The molecular formula is C16H31NO. The van der Waals surface area contributed by atoms with Gasteiger partial charge in [0, 0.05) is 32.0 Å². The molecule has 0 spiro atoms. The molecule has 0 N–H and O–H groups in total. The molecule has 106 valence electrons. The number of carbonyl (C=O) groups is 1. The molecule has 0 amide bonds. The zero-order chi connectivity index (χ0) is 13.7. The molecule has 1 aliphatic rings. The molecule has 0 aromatic heterocycles. The fourth-order valence-corrected chi connectivity index (χ4v) is 3.07. The summed E-state index contributed by atoms with van der Waals surface area (Å²) in [6, 6.07) is 0. The number of hydrogen-bond donors (Lipinski definition) is 0. The highest BCUT2D eigenvalue weighted by atomic mass is 16.1. The van der Waals surface area contributed by atoms with Crippen molar-refractivity contribution in [1.82, 2.24) is 4.90 Å². The van der Waals surface area contributed by atoms with E-state index in [1.54, 1.807) is 0 Å². The van der Waals surface area contributed by atoms with Crippen LogP contribution in [0.15, 0.2) is 0 Å². The smallest absolute Gasteiger partial charge is 0.137 e. The van der Waals surface area contributed by atoms with Crippen LogP contribution >= 0.6 is 0 Å². The first-order chi connectivity index (χ1) is 8.38. The van der Waals surface area contributed by atoms with Crippen molar-refractivity contribution in [3.05, 3.63) is 0 Å². The van der Waals surface area contributed by atoms with Crippen LogP contribution < -0.4 is 0 Å². The molecule has 2 atom stereocenters. The van der Waals surface area contributed by atoms with E-state index in [2.05, 4.69) is 39.5 Å². The van der Waals surface area contributed by atoms with Gasteiger partial charge in [0.1, 0.15) is 5.78 Å². The monoisotopic (exact) mass is 253 g/mol. The van der Waals surface area contributed by atoms with Crippen LogP contribution in [-0.4, -0.2) is 30.3 Å².